The lowest BCUT2D eigenvalue weighted by molar-refractivity contribution is -0.121. The summed E-state index contributed by atoms with van der Waals surface area (Å²) >= 11 is 0. The van der Waals surface area contributed by atoms with Crippen LogP contribution in [0.3, 0.4) is 0 Å². The maximum atomic E-state index is 12.8. The Morgan fingerprint density at radius 1 is 1.00 bits per heavy atom. The SMILES string of the molecule is Cc1ccc(C(=O)OCC(=O)N(CC#N)c2ccccc2)cc1S(=O)(=O)NCc1ccccc1. The highest BCUT2D eigenvalue weighted by Gasteiger charge is 2.21. The Morgan fingerprint density at radius 3 is 2.29 bits per heavy atom. The Hall–Kier alpha value is -4.00. The van der Waals surface area contributed by atoms with Crippen LogP contribution in [0.5, 0.6) is 0 Å². The lowest BCUT2D eigenvalue weighted by atomic mass is 10.1. The van der Waals surface area contributed by atoms with Crippen LogP contribution in [0.25, 0.3) is 0 Å². The van der Waals surface area contributed by atoms with E-state index in [4.69, 9.17) is 10.00 Å². The standard InChI is InChI=1S/C25H23N3O5S/c1-19-12-13-21(16-23(19)34(31,32)27-17-20-8-4-2-5-9-20)25(30)33-18-24(29)28(15-14-26)22-10-6-3-7-11-22/h2-13,16,27H,15,17-18H2,1H3. The van der Waals surface area contributed by atoms with Crippen molar-refractivity contribution in [3.8, 4) is 6.07 Å². The van der Waals surface area contributed by atoms with E-state index in [1.165, 1.54) is 23.1 Å². The summed E-state index contributed by atoms with van der Waals surface area (Å²) in [5.74, 6) is -1.43. The van der Waals surface area contributed by atoms with Gasteiger partial charge in [-0.3, -0.25) is 9.69 Å². The molecule has 0 saturated heterocycles. The van der Waals surface area contributed by atoms with Gasteiger partial charge in [-0.1, -0.05) is 54.6 Å². The van der Waals surface area contributed by atoms with Gasteiger partial charge in [0.1, 0.15) is 6.54 Å². The average molecular weight is 478 g/mol. The van der Waals surface area contributed by atoms with Crippen LogP contribution in [0.4, 0.5) is 5.69 Å². The fourth-order valence-corrected chi connectivity index (χ4v) is 4.45. The molecule has 0 bridgehead atoms. The fraction of sp³-hybridized carbons (Fsp3) is 0.160. The van der Waals surface area contributed by atoms with Gasteiger partial charge in [0.2, 0.25) is 10.0 Å². The van der Waals surface area contributed by atoms with E-state index in [9.17, 15) is 18.0 Å². The van der Waals surface area contributed by atoms with Crippen LogP contribution in [0.2, 0.25) is 0 Å². The van der Waals surface area contributed by atoms with E-state index >= 15 is 0 Å². The quantitative estimate of drug-likeness (QED) is 0.374. The first kappa shape index (κ1) is 24.6. The number of esters is 1. The molecule has 34 heavy (non-hydrogen) atoms. The van der Waals surface area contributed by atoms with Crippen molar-refractivity contribution in [2.45, 2.75) is 18.4 Å². The number of anilines is 1. The van der Waals surface area contributed by atoms with Crippen LogP contribution in [-0.2, 0) is 26.1 Å². The molecule has 1 amide bonds. The normalized spacial score (nSPS) is 10.8. The van der Waals surface area contributed by atoms with Gasteiger partial charge >= 0.3 is 5.97 Å². The Morgan fingerprint density at radius 2 is 1.65 bits per heavy atom. The van der Waals surface area contributed by atoms with Crippen molar-refractivity contribution in [3.05, 3.63) is 95.6 Å². The monoisotopic (exact) mass is 477 g/mol. The van der Waals surface area contributed by atoms with Gasteiger partial charge in [0.25, 0.3) is 5.91 Å². The molecule has 9 heteroatoms. The number of aryl methyl sites for hydroxylation is 1. The third-order valence-corrected chi connectivity index (χ3v) is 6.49. The van der Waals surface area contributed by atoms with E-state index in [2.05, 4.69) is 4.72 Å². The summed E-state index contributed by atoms with van der Waals surface area (Å²) in [5, 5.41) is 9.04. The molecular weight excluding hydrogens is 454 g/mol. The van der Waals surface area contributed by atoms with Crippen molar-refractivity contribution in [2.24, 2.45) is 0 Å². The van der Waals surface area contributed by atoms with Crippen molar-refractivity contribution in [1.82, 2.24) is 4.72 Å². The van der Waals surface area contributed by atoms with Crippen molar-refractivity contribution in [3.63, 3.8) is 0 Å². The number of carbonyl (C=O) groups is 2. The number of ether oxygens (including phenoxy) is 1. The zero-order valence-electron chi connectivity index (χ0n) is 18.5. The van der Waals surface area contributed by atoms with Gasteiger partial charge < -0.3 is 4.74 Å². The van der Waals surface area contributed by atoms with E-state index in [-0.39, 0.29) is 23.5 Å². The molecule has 0 fully saturated rings. The maximum Gasteiger partial charge on any atom is 0.338 e. The van der Waals surface area contributed by atoms with Crippen molar-refractivity contribution in [2.75, 3.05) is 18.1 Å². The second-order valence-corrected chi connectivity index (χ2v) is 9.08. The summed E-state index contributed by atoms with van der Waals surface area (Å²) in [6, 6.07) is 23.7. The molecule has 3 rings (SSSR count). The van der Waals surface area contributed by atoms with Crippen molar-refractivity contribution >= 4 is 27.6 Å². The fourth-order valence-electron chi connectivity index (χ4n) is 3.16. The summed E-state index contributed by atoms with van der Waals surface area (Å²) in [6.07, 6.45) is 0. The molecule has 1 N–H and O–H groups in total. The molecule has 174 valence electrons. The van der Waals surface area contributed by atoms with Crippen LogP contribution in [-0.4, -0.2) is 33.4 Å². The molecule has 0 aromatic heterocycles. The molecule has 0 unspecified atom stereocenters. The summed E-state index contributed by atoms with van der Waals surface area (Å²) in [6.45, 7) is 0.910. The van der Waals surface area contributed by atoms with Crippen LogP contribution in [0, 0.1) is 18.3 Å². The predicted molar refractivity (Wildman–Crippen MR) is 126 cm³/mol. The zero-order valence-corrected chi connectivity index (χ0v) is 19.3. The molecule has 0 aliphatic heterocycles. The predicted octanol–water partition coefficient (Wildman–Crippen LogP) is 3.19. The number of benzene rings is 3. The van der Waals surface area contributed by atoms with E-state index in [1.807, 2.05) is 24.3 Å². The summed E-state index contributed by atoms with van der Waals surface area (Å²) in [7, 11) is -3.90. The molecule has 3 aromatic rings. The highest BCUT2D eigenvalue weighted by atomic mass is 32.2. The lowest BCUT2D eigenvalue weighted by Gasteiger charge is -2.19. The number of nitrogens with zero attached hydrogens (tertiary/aromatic N) is 2. The number of nitrogens with one attached hydrogen (secondary N) is 1. The maximum absolute atomic E-state index is 12.8. The average Bonchev–Trinajstić information content (AvgIpc) is 2.85. The van der Waals surface area contributed by atoms with Gasteiger partial charge in [0.05, 0.1) is 16.5 Å². The van der Waals surface area contributed by atoms with E-state index in [1.54, 1.807) is 49.4 Å². The highest BCUT2D eigenvalue weighted by Crippen LogP contribution is 2.19. The Bertz CT molecular complexity index is 1300. The summed E-state index contributed by atoms with van der Waals surface area (Å²) in [5.41, 5.74) is 1.74. The first-order valence-electron chi connectivity index (χ1n) is 10.4. The van der Waals surface area contributed by atoms with Gasteiger partial charge in [0, 0.05) is 12.2 Å². The molecule has 8 nitrogen and oxygen atoms in total. The van der Waals surface area contributed by atoms with Crippen molar-refractivity contribution < 1.29 is 22.7 Å². The number of hydrogen-bond donors (Lipinski definition) is 1. The third-order valence-electron chi connectivity index (χ3n) is 4.95. The van der Waals surface area contributed by atoms with Crippen LogP contribution >= 0.6 is 0 Å². The van der Waals surface area contributed by atoms with Crippen LogP contribution in [0.1, 0.15) is 21.5 Å². The van der Waals surface area contributed by atoms with E-state index < -0.39 is 28.5 Å². The number of sulfonamides is 1. The second-order valence-electron chi connectivity index (χ2n) is 7.34. The van der Waals surface area contributed by atoms with Gasteiger partial charge in [-0.25, -0.2) is 17.9 Å². The largest absolute Gasteiger partial charge is 0.452 e. The smallest absolute Gasteiger partial charge is 0.338 e. The van der Waals surface area contributed by atoms with E-state index in [0.29, 0.717) is 11.3 Å². The molecule has 0 atom stereocenters. The number of amides is 1. The van der Waals surface area contributed by atoms with Gasteiger partial charge in [-0.05, 0) is 42.3 Å². The minimum atomic E-state index is -3.90. The Balaban J connectivity index is 1.70. The van der Waals surface area contributed by atoms with Crippen molar-refractivity contribution in [1.29, 1.82) is 5.26 Å². The second kappa shape index (κ2) is 11.2. The highest BCUT2D eigenvalue weighted by molar-refractivity contribution is 7.89. The first-order valence-corrected chi connectivity index (χ1v) is 11.8. The topological polar surface area (TPSA) is 117 Å². The number of carbonyl (C=O) groups excluding carboxylic acids is 2. The molecule has 3 aromatic carbocycles. The Kier molecular flexibility index (Phi) is 8.14. The minimum absolute atomic E-state index is 0.00923. The number of rotatable bonds is 9. The Labute approximate surface area is 198 Å². The number of hydrogen-bond acceptors (Lipinski definition) is 6. The molecule has 0 saturated carbocycles. The first-order chi connectivity index (χ1) is 16.3. The van der Waals surface area contributed by atoms with E-state index in [0.717, 1.165) is 5.56 Å². The van der Waals surface area contributed by atoms with Gasteiger partial charge in [-0.2, -0.15) is 5.26 Å². The number of nitriles is 1. The lowest BCUT2D eigenvalue weighted by Crippen LogP contribution is -2.35. The molecule has 0 radical (unpaired) electrons. The third kappa shape index (κ3) is 6.28. The molecule has 0 aliphatic rings. The minimum Gasteiger partial charge on any atom is -0.452 e. The molecule has 0 aliphatic carbocycles. The van der Waals surface area contributed by atoms with Gasteiger partial charge in [-0.15, -0.1) is 0 Å². The number of para-hydroxylation sites is 1. The molecular formula is C25H23N3O5S. The molecule has 0 spiro atoms. The molecule has 0 heterocycles. The van der Waals surface area contributed by atoms with Gasteiger partial charge in [0.15, 0.2) is 6.61 Å². The summed E-state index contributed by atoms with van der Waals surface area (Å²) in [4.78, 5) is 26.3. The van der Waals surface area contributed by atoms with Crippen LogP contribution in [0.15, 0.2) is 83.8 Å². The zero-order chi connectivity index (χ0) is 24.6. The summed E-state index contributed by atoms with van der Waals surface area (Å²) < 4.78 is 33.3. The van der Waals surface area contributed by atoms with Crippen LogP contribution < -0.4 is 9.62 Å².